The van der Waals surface area contributed by atoms with E-state index in [0.717, 1.165) is 0 Å². The monoisotopic (exact) mass is 283 g/mol. The number of ether oxygens (including phenoxy) is 1. The lowest BCUT2D eigenvalue weighted by molar-refractivity contribution is -0.00478. The number of likely N-dealkylation sites (tertiary alicyclic amines) is 1. The molecule has 2 unspecified atom stereocenters. The van der Waals surface area contributed by atoms with E-state index in [1.165, 1.54) is 4.90 Å². The zero-order valence-corrected chi connectivity index (χ0v) is 11.5. The van der Waals surface area contributed by atoms with Gasteiger partial charge in [0.25, 0.3) is 0 Å². The smallest absolute Gasteiger partial charge is 0.410 e. The maximum Gasteiger partial charge on any atom is 0.410 e. The number of piperidine rings is 1. The fourth-order valence-electron chi connectivity index (χ4n) is 1.86. The fraction of sp³-hybridized carbons (Fsp3) is 0.900. The second-order valence-corrected chi connectivity index (χ2v) is 5.42. The minimum atomic E-state index is -1.11. The standard InChI is InChI=1S/C10H17N7O3/c1-10(2,3)20-9(19)17-4-6(13-15-11)8(14-16-12)7(18)5-17/h6-8,18H,4-5H2,1-3H3/t6?,7-,8?/m1/s1. The molecule has 110 valence electrons. The molecule has 10 heteroatoms. The van der Waals surface area contributed by atoms with E-state index in [0.29, 0.717) is 0 Å². The van der Waals surface area contributed by atoms with E-state index in [1.807, 2.05) is 0 Å². The summed E-state index contributed by atoms with van der Waals surface area (Å²) in [4.78, 5) is 18.4. The summed E-state index contributed by atoms with van der Waals surface area (Å²) in [5.41, 5.74) is 16.3. The van der Waals surface area contributed by atoms with Crippen LogP contribution in [0, 0.1) is 0 Å². The summed E-state index contributed by atoms with van der Waals surface area (Å²) in [7, 11) is 0. The number of carbonyl (C=O) groups excluding carboxylic acids is 1. The first-order valence-corrected chi connectivity index (χ1v) is 6.03. The fourth-order valence-corrected chi connectivity index (χ4v) is 1.86. The molecule has 0 aliphatic carbocycles. The number of β-amino-alcohol motifs (C(OH)–C–C–N with tert-alkyl or cyclic N) is 1. The van der Waals surface area contributed by atoms with Crippen LogP contribution in [-0.4, -0.2) is 53.0 Å². The minimum absolute atomic E-state index is 0.0275. The predicted molar refractivity (Wildman–Crippen MR) is 69.7 cm³/mol. The molecule has 1 aliphatic rings. The van der Waals surface area contributed by atoms with Crippen LogP contribution in [0.15, 0.2) is 10.2 Å². The average Bonchev–Trinajstić information content (AvgIpc) is 2.31. The van der Waals surface area contributed by atoms with Crippen LogP contribution < -0.4 is 0 Å². The quantitative estimate of drug-likeness (QED) is 0.469. The Morgan fingerprint density at radius 3 is 2.40 bits per heavy atom. The SMILES string of the molecule is CC(C)(C)OC(=O)N1CC(N=[N+]=[N-])C(N=[N+]=[N-])[C@H](O)C1. The molecule has 10 nitrogen and oxygen atoms in total. The molecule has 1 fully saturated rings. The maximum atomic E-state index is 11.9. The topological polar surface area (TPSA) is 147 Å². The van der Waals surface area contributed by atoms with E-state index in [4.69, 9.17) is 15.8 Å². The molecule has 20 heavy (non-hydrogen) atoms. The average molecular weight is 283 g/mol. The van der Waals surface area contributed by atoms with E-state index in [1.54, 1.807) is 20.8 Å². The molecule has 1 saturated heterocycles. The first-order chi connectivity index (χ1) is 9.28. The van der Waals surface area contributed by atoms with Crippen molar-refractivity contribution in [2.75, 3.05) is 13.1 Å². The number of hydrogen-bond acceptors (Lipinski definition) is 5. The van der Waals surface area contributed by atoms with Gasteiger partial charge in [-0.25, -0.2) is 4.79 Å². The molecule has 0 saturated carbocycles. The van der Waals surface area contributed by atoms with Crippen LogP contribution in [0.2, 0.25) is 0 Å². The molecule has 1 aliphatic heterocycles. The summed E-state index contributed by atoms with van der Waals surface area (Å²) in [6, 6.07) is -1.72. The Morgan fingerprint density at radius 1 is 1.30 bits per heavy atom. The van der Waals surface area contributed by atoms with Crippen LogP contribution in [0.5, 0.6) is 0 Å². The summed E-state index contributed by atoms with van der Waals surface area (Å²) in [5.74, 6) is 0. The van der Waals surface area contributed by atoms with Gasteiger partial charge in [0.1, 0.15) is 5.60 Å². The third kappa shape index (κ3) is 4.20. The number of hydrogen-bond donors (Lipinski definition) is 1. The predicted octanol–water partition coefficient (Wildman–Crippen LogP) is 1.96. The highest BCUT2D eigenvalue weighted by Gasteiger charge is 2.38. The summed E-state index contributed by atoms with van der Waals surface area (Å²) in [6.45, 7) is 5.15. The highest BCUT2D eigenvalue weighted by molar-refractivity contribution is 5.68. The number of rotatable bonds is 2. The van der Waals surface area contributed by atoms with Gasteiger partial charge in [0.05, 0.1) is 24.7 Å². The zero-order valence-electron chi connectivity index (χ0n) is 11.5. The lowest BCUT2D eigenvalue weighted by atomic mass is 9.98. The van der Waals surface area contributed by atoms with Crippen LogP contribution in [-0.2, 0) is 4.74 Å². The number of azide groups is 2. The maximum absolute atomic E-state index is 11.9. The normalized spacial score (nSPS) is 26.2. The zero-order chi connectivity index (χ0) is 15.3. The van der Waals surface area contributed by atoms with Crippen molar-refractivity contribution in [2.45, 2.75) is 44.6 Å². The lowest BCUT2D eigenvalue weighted by Gasteiger charge is -2.38. The molecule has 0 aromatic heterocycles. The van der Waals surface area contributed by atoms with Crippen molar-refractivity contribution in [3.63, 3.8) is 0 Å². The summed E-state index contributed by atoms with van der Waals surface area (Å²) >= 11 is 0. The van der Waals surface area contributed by atoms with Gasteiger partial charge >= 0.3 is 6.09 Å². The highest BCUT2D eigenvalue weighted by Crippen LogP contribution is 2.20. The van der Waals surface area contributed by atoms with Crippen molar-refractivity contribution in [1.82, 2.24) is 4.90 Å². The summed E-state index contributed by atoms with van der Waals surface area (Å²) in [6.07, 6.45) is -1.73. The van der Waals surface area contributed by atoms with Gasteiger partial charge < -0.3 is 14.7 Å². The second-order valence-electron chi connectivity index (χ2n) is 5.42. The van der Waals surface area contributed by atoms with Gasteiger partial charge in [-0.2, -0.15) is 0 Å². The summed E-state index contributed by atoms with van der Waals surface area (Å²) < 4.78 is 5.18. The Morgan fingerprint density at radius 2 is 1.90 bits per heavy atom. The van der Waals surface area contributed by atoms with Gasteiger partial charge in [-0.3, -0.25) is 0 Å². The van der Waals surface area contributed by atoms with Gasteiger partial charge in [0.15, 0.2) is 0 Å². The Bertz CT molecular complexity index is 462. The number of aliphatic hydroxyl groups is 1. The molecule has 1 heterocycles. The summed E-state index contributed by atoms with van der Waals surface area (Å²) in [5, 5.41) is 16.8. The molecule has 0 aromatic rings. The van der Waals surface area contributed by atoms with Gasteiger partial charge in [-0.05, 0) is 31.8 Å². The van der Waals surface area contributed by atoms with Gasteiger partial charge in [0.2, 0.25) is 0 Å². The molecule has 0 aromatic carbocycles. The number of amides is 1. The van der Waals surface area contributed by atoms with Gasteiger partial charge in [-0.15, -0.1) is 0 Å². The third-order valence-electron chi connectivity index (χ3n) is 2.64. The van der Waals surface area contributed by atoms with E-state index < -0.39 is 29.9 Å². The molecular weight excluding hydrogens is 266 g/mol. The van der Waals surface area contributed by atoms with Crippen LogP contribution in [0.4, 0.5) is 4.79 Å². The van der Waals surface area contributed by atoms with Crippen molar-refractivity contribution in [1.29, 1.82) is 0 Å². The minimum Gasteiger partial charge on any atom is -0.444 e. The van der Waals surface area contributed by atoms with E-state index in [9.17, 15) is 9.90 Å². The van der Waals surface area contributed by atoms with Crippen LogP contribution in [0.25, 0.3) is 20.9 Å². The third-order valence-corrected chi connectivity index (χ3v) is 2.64. The number of carbonyl (C=O) groups is 1. The molecule has 1 N–H and O–H groups in total. The van der Waals surface area contributed by atoms with Crippen molar-refractivity contribution < 1.29 is 14.6 Å². The molecular formula is C10H17N7O3. The van der Waals surface area contributed by atoms with Crippen LogP contribution in [0.3, 0.4) is 0 Å². The van der Waals surface area contributed by atoms with E-state index in [2.05, 4.69) is 20.1 Å². The lowest BCUT2D eigenvalue weighted by Crippen LogP contribution is -2.56. The van der Waals surface area contributed by atoms with Gasteiger partial charge in [-0.1, -0.05) is 10.2 Å². The second kappa shape index (κ2) is 6.33. The van der Waals surface area contributed by atoms with Crippen molar-refractivity contribution in [2.24, 2.45) is 10.2 Å². The number of aliphatic hydroxyl groups excluding tert-OH is 1. The Labute approximate surface area is 115 Å². The first-order valence-electron chi connectivity index (χ1n) is 6.03. The first kappa shape index (κ1) is 15.9. The van der Waals surface area contributed by atoms with Gasteiger partial charge in [0, 0.05) is 16.4 Å². The van der Waals surface area contributed by atoms with Crippen molar-refractivity contribution >= 4 is 6.09 Å². The highest BCUT2D eigenvalue weighted by atomic mass is 16.6. The molecule has 0 radical (unpaired) electrons. The molecule has 0 bridgehead atoms. The Balaban J connectivity index is 2.87. The largest absolute Gasteiger partial charge is 0.444 e. The number of nitrogens with zero attached hydrogens (tertiary/aromatic N) is 7. The van der Waals surface area contributed by atoms with Crippen molar-refractivity contribution in [3.8, 4) is 0 Å². The molecule has 0 spiro atoms. The van der Waals surface area contributed by atoms with Crippen LogP contribution in [0.1, 0.15) is 20.8 Å². The van der Waals surface area contributed by atoms with Crippen molar-refractivity contribution in [3.05, 3.63) is 20.9 Å². The van der Waals surface area contributed by atoms with E-state index >= 15 is 0 Å². The van der Waals surface area contributed by atoms with E-state index in [-0.39, 0.29) is 13.1 Å². The molecule has 3 atom stereocenters. The Hall–Kier alpha value is -2.15. The van der Waals surface area contributed by atoms with Crippen LogP contribution >= 0.6 is 0 Å². The molecule has 1 amide bonds. The Kier molecular flexibility index (Phi) is 5.04. The molecule has 1 rings (SSSR count).